The second-order valence-electron chi connectivity index (χ2n) is 4.56. The maximum absolute atomic E-state index is 10.1. The van der Waals surface area contributed by atoms with Crippen molar-refractivity contribution in [1.29, 1.82) is 0 Å². The summed E-state index contributed by atoms with van der Waals surface area (Å²) in [5, 5.41) is 12.4. The van der Waals surface area contributed by atoms with Gasteiger partial charge in [-0.1, -0.05) is 31.2 Å². The van der Waals surface area contributed by atoms with Crippen molar-refractivity contribution in [3.8, 4) is 5.75 Å². The van der Waals surface area contributed by atoms with Crippen molar-refractivity contribution in [1.82, 2.24) is 9.38 Å². The molecule has 0 radical (unpaired) electrons. The largest absolute Gasteiger partial charge is 0.506 e. The Morgan fingerprint density at radius 1 is 1.06 bits per heavy atom. The normalized spacial score (nSPS) is 12.1. The zero-order valence-electron chi connectivity index (χ0n) is 10.0. The van der Waals surface area contributed by atoms with Crippen LogP contribution < -0.4 is 0 Å². The molecule has 4 rings (SSSR count). The van der Waals surface area contributed by atoms with Gasteiger partial charge in [0.15, 0.2) is 0 Å². The van der Waals surface area contributed by atoms with Crippen LogP contribution >= 0.6 is 0 Å². The molecule has 3 heteroatoms. The zero-order valence-corrected chi connectivity index (χ0v) is 10.0. The van der Waals surface area contributed by atoms with E-state index in [9.17, 15) is 5.11 Å². The smallest absolute Gasteiger partial charge is 0.140 e. The van der Waals surface area contributed by atoms with Gasteiger partial charge in [0.25, 0.3) is 0 Å². The SMILES string of the molecule is CCc1nc2cccc3c4cccc(O)c4n1c23. The zero-order chi connectivity index (χ0) is 12.3. The molecule has 3 nitrogen and oxygen atoms in total. The summed E-state index contributed by atoms with van der Waals surface area (Å²) < 4.78 is 2.09. The Kier molecular flexibility index (Phi) is 1.69. The van der Waals surface area contributed by atoms with Gasteiger partial charge >= 0.3 is 0 Å². The van der Waals surface area contributed by atoms with Gasteiger partial charge in [0.05, 0.1) is 16.6 Å². The molecule has 0 aliphatic carbocycles. The number of phenolic OH excluding ortho intramolecular Hbond substituents is 1. The number of phenols is 1. The molecule has 0 amide bonds. The van der Waals surface area contributed by atoms with Gasteiger partial charge in [-0.15, -0.1) is 0 Å². The molecule has 2 aromatic heterocycles. The molecule has 0 bridgehead atoms. The fourth-order valence-electron chi connectivity index (χ4n) is 2.85. The molecular weight excluding hydrogens is 224 g/mol. The second kappa shape index (κ2) is 3.13. The van der Waals surface area contributed by atoms with Gasteiger partial charge in [-0.05, 0) is 12.1 Å². The van der Waals surface area contributed by atoms with Crippen LogP contribution in [0, 0.1) is 0 Å². The third-order valence-electron chi connectivity index (χ3n) is 3.59. The first kappa shape index (κ1) is 9.71. The van der Waals surface area contributed by atoms with Crippen molar-refractivity contribution in [3.63, 3.8) is 0 Å². The standard InChI is InChI=1S/C15H12N2O/c1-2-13-16-11-7-3-5-9-10-6-4-8-12(18)15(10)17(13)14(9)11/h3-8,18H,2H2,1H3. The van der Waals surface area contributed by atoms with E-state index in [0.29, 0.717) is 5.75 Å². The average Bonchev–Trinajstić information content (AvgIpc) is 2.92. The van der Waals surface area contributed by atoms with E-state index in [1.165, 1.54) is 0 Å². The van der Waals surface area contributed by atoms with Crippen LogP contribution in [0.4, 0.5) is 0 Å². The van der Waals surface area contributed by atoms with Crippen molar-refractivity contribution in [2.45, 2.75) is 13.3 Å². The molecule has 0 atom stereocenters. The van der Waals surface area contributed by atoms with Gasteiger partial charge in [-0.3, -0.25) is 4.40 Å². The highest BCUT2D eigenvalue weighted by molar-refractivity contribution is 6.14. The minimum atomic E-state index is 0.317. The molecule has 0 aliphatic rings. The molecule has 0 saturated heterocycles. The van der Waals surface area contributed by atoms with Crippen LogP contribution in [0.25, 0.3) is 27.3 Å². The number of fused-ring (bicyclic) bond motifs is 3. The molecule has 88 valence electrons. The maximum atomic E-state index is 10.1. The van der Waals surface area contributed by atoms with Crippen molar-refractivity contribution in [2.75, 3.05) is 0 Å². The van der Waals surface area contributed by atoms with Crippen LogP contribution in [-0.4, -0.2) is 14.5 Å². The number of para-hydroxylation sites is 2. The Bertz CT molecular complexity index is 876. The Hall–Kier alpha value is -2.29. The summed E-state index contributed by atoms with van der Waals surface area (Å²) in [6.07, 6.45) is 0.849. The molecular formula is C15H12N2O. The highest BCUT2D eigenvalue weighted by Gasteiger charge is 2.17. The highest BCUT2D eigenvalue weighted by atomic mass is 16.3. The number of imidazole rings is 1. The third-order valence-corrected chi connectivity index (χ3v) is 3.59. The molecule has 1 N–H and O–H groups in total. The minimum Gasteiger partial charge on any atom is -0.506 e. The lowest BCUT2D eigenvalue weighted by Crippen LogP contribution is -1.90. The lowest BCUT2D eigenvalue weighted by Gasteiger charge is -1.99. The van der Waals surface area contributed by atoms with E-state index in [1.807, 2.05) is 18.2 Å². The number of aryl methyl sites for hydroxylation is 1. The van der Waals surface area contributed by atoms with Crippen LogP contribution in [0.15, 0.2) is 36.4 Å². The fraction of sp³-hybridized carbons (Fsp3) is 0.133. The second-order valence-corrected chi connectivity index (χ2v) is 4.56. The summed E-state index contributed by atoms with van der Waals surface area (Å²) in [4.78, 5) is 4.63. The Balaban J connectivity index is 2.45. The number of hydrogen-bond acceptors (Lipinski definition) is 2. The quantitative estimate of drug-likeness (QED) is 0.550. The minimum absolute atomic E-state index is 0.317. The molecule has 2 heterocycles. The molecule has 0 fully saturated rings. The topological polar surface area (TPSA) is 37.5 Å². The summed E-state index contributed by atoms with van der Waals surface area (Å²) in [6, 6.07) is 11.8. The van der Waals surface area contributed by atoms with Gasteiger partial charge in [0.1, 0.15) is 11.6 Å². The van der Waals surface area contributed by atoms with Crippen molar-refractivity contribution < 1.29 is 5.11 Å². The lowest BCUT2D eigenvalue weighted by molar-refractivity contribution is 0.480. The fourth-order valence-corrected chi connectivity index (χ4v) is 2.85. The maximum Gasteiger partial charge on any atom is 0.140 e. The van der Waals surface area contributed by atoms with Crippen molar-refractivity contribution in [2.24, 2.45) is 0 Å². The van der Waals surface area contributed by atoms with Gasteiger partial charge in [-0.25, -0.2) is 4.98 Å². The summed E-state index contributed by atoms with van der Waals surface area (Å²) in [5.41, 5.74) is 2.99. The number of nitrogens with zero attached hydrogens (tertiary/aromatic N) is 2. The molecule has 0 aliphatic heterocycles. The van der Waals surface area contributed by atoms with Crippen molar-refractivity contribution >= 4 is 27.3 Å². The number of aromatic nitrogens is 2. The summed E-state index contributed by atoms with van der Waals surface area (Å²) in [5.74, 6) is 1.32. The van der Waals surface area contributed by atoms with E-state index in [2.05, 4.69) is 28.4 Å². The van der Waals surface area contributed by atoms with Gasteiger partial charge in [0.2, 0.25) is 0 Å². The number of aromatic hydroxyl groups is 1. The van der Waals surface area contributed by atoms with E-state index in [-0.39, 0.29) is 0 Å². The summed E-state index contributed by atoms with van der Waals surface area (Å²) in [6.45, 7) is 2.09. The van der Waals surface area contributed by atoms with Crippen LogP contribution in [0.5, 0.6) is 5.75 Å². The monoisotopic (exact) mass is 236 g/mol. The van der Waals surface area contributed by atoms with Crippen LogP contribution in [-0.2, 0) is 6.42 Å². The first-order valence-electron chi connectivity index (χ1n) is 6.14. The van der Waals surface area contributed by atoms with Crippen molar-refractivity contribution in [3.05, 3.63) is 42.2 Å². The van der Waals surface area contributed by atoms with E-state index in [1.54, 1.807) is 6.07 Å². The number of hydrogen-bond donors (Lipinski definition) is 1. The molecule has 18 heavy (non-hydrogen) atoms. The van der Waals surface area contributed by atoms with Crippen LogP contribution in [0.1, 0.15) is 12.7 Å². The molecule has 4 aromatic rings. The highest BCUT2D eigenvalue weighted by Crippen LogP contribution is 2.36. The number of rotatable bonds is 1. The summed E-state index contributed by atoms with van der Waals surface area (Å²) in [7, 11) is 0. The average molecular weight is 236 g/mol. The van der Waals surface area contributed by atoms with E-state index in [0.717, 1.165) is 39.6 Å². The molecule has 0 saturated carbocycles. The predicted octanol–water partition coefficient (Wildman–Crippen LogP) is 3.35. The van der Waals surface area contributed by atoms with Gasteiger partial charge in [-0.2, -0.15) is 0 Å². The van der Waals surface area contributed by atoms with Gasteiger partial charge < -0.3 is 5.11 Å². The lowest BCUT2D eigenvalue weighted by atomic mass is 10.1. The van der Waals surface area contributed by atoms with Crippen LogP contribution in [0.2, 0.25) is 0 Å². The Morgan fingerprint density at radius 3 is 2.56 bits per heavy atom. The Labute approximate surface area is 104 Å². The third kappa shape index (κ3) is 0.973. The van der Waals surface area contributed by atoms with E-state index in [4.69, 9.17) is 0 Å². The van der Waals surface area contributed by atoms with E-state index < -0.39 is 0 Å². The first-order valence-corrected chi connectivity index (χ1v) is 6.14. The Morgan fingerprint density at radius 2 is 1.78 bits per heavy atom. The molecule has 2 aromatic carbocycles. The van der Waals surface area contributed by atoms with Crippen LogP contribution in [0.3, 0.4) is 0 Å². The number of benzene rings is 2. The van der Waals surface area contributed by atoms with E-state index >= 15 is 0 Å². The molecule has 0 unspecified atom stereocenters. The summed E-state index contributed by atoms with van der Waals surface area (Å²) >= 11 is 0. The first-order chi connectivity index (χ1) is 8.81. The van der Waals surface area contributed by atoms with Gasteiger partial charge in [0, 0.05) is 17.2 Å². The predicted molar refractivity (Wildman–Crippen MR) is 72.4 cm³/mol. The molecule has 0 spiro atoms.